The van der Waals surface area contributed by atoms with Crippen LogP contribution in [0.2, 0.25) is 0 Å². The molecule has 98 valence electrons. The lowest BCUT2D eigenvalue weighted by Crippen LogP contribution is -2.01. The van der Waals surface area contributed by atoms with Crippen molar-refractivity contribution in [2.75, 3.05) is 0 Å². The first kappa shape index (κ1) is 12.5. The van der Waals surface area contributed by atoms with Gasteiger partial charge in [-0.15, -0.1) is 0 Å². The van der Waals surface area contributed by atoms with Gasteiger partial charge in [-0.2, -0.15) is 10.2 Å². The molecular weight excluding hydrogens is 246 g/mol. The molecule has 2 aromatic heterocycles. The van der Waals surface area contributed by atoms with Crippen LogP contribution >= 0.6 is 0 Å². The van der Waals surface area contributed by atoms with Crippen LogP contribution < -0.4 is 0 Å². The molecule has 20 heavy (non-hydrogen) atoms. The standard InChI is InChI=1S/C17H15N3/c1-13(15-8-5-11-18-12-15)16-9-10-17(20-19-16)14-6-3-2-4-7-14/h2-13H,1H3. The highest BCUT2D eigenvalue weighted by atomic mass is 15.1. The van der Waals surface area contributed by atoms with Crippen LogP contribution in [0.1, 0.15) is 24.1 Å². The van der Waals surface area contributed by atoms with Crippen LogP contribution in [0.3, 0.4) is 0 Å². The Morgan fingerprint density at radius 2 is 1.70 bits per heavy atom. The van der Waals surface area contributed by atoms with Crippen molar-refractivity contribution in [3.63, 3.8) is 0 Å². The molecule has 0 aliphatic carbocycles. The summed E-state index contributed by atoms with van der Waals surface area (Å²) in [5.74, 6) is 0.195. The predicted molar refractivity (Wildman–Crippen MR) is 79.2 cm³/mol. The number of aromatic nitrogens is 3. The number of hydrogen-bond acceptors (Lipinski definition) is 3. The highest BCUT2D eigenvalue weighted by Gasteiger charge is 2.10. The molecule has 3 heteroatoms. The molecule has 0 aliphatic rings. The number of hydrogen-bond donors (Lipinski definition) is 0. The van der Waals surface area contributed by atoms with Crippen LogP contribution in [-0.2, 0) is 0 Å². The van der Waals surface area contributed by atoms with Gasteiger partial charge in [0.1, 0.15) is 0 Å². The van der Waals surface area contributed by atoms with E-state index in [4.69, 9.17) is 0 Å². The van der Waals surface area contributed by atoms with Gasteiger partial charge in [0.2, 0.25) is 0 Å². The topological polar surface area (TPSA) is 38.7 Å². The van der Waals surface area contributed by atoms with Crippen molar-refractivity contribution in [3.8, 4) is 11.3 Å². The average Bonchev–Trinajstić information content (AvgIpc) is 2.56. The van der Waals surface area contributed by atoms with Crippen LogP contribution in [0.25, 0.3) is 11.3 Å². The van der Waals surface area contributed by atoms with Gasteiger partial charge >= 0.3 is 0 Å². The Labute approximate surface area is 118 Å². The smallest absolute Gasteiger partial charge is 0.0929 e. The number of nitrogens with zero attached hydrogens (tertiary/aromatic N) is 3. The fourth-order valence-electron chi connectivity index (χ4n) is 2.14. The van der Waals surface area contributed by atoms with E-state index in [1.165, 1.54) is 0 Å². The van der Waals surface area contributed by atoms with E-state index < -0.39 is 0 Å². The molecular formula is C17H15N3. The molecule has 0 spiro atoms. The minimum atomic E-state index is 0.195. The fraction of sp³-hybridized carbons (Fsp3) is 0.118. The molecule has 1 atom stereocenters. The third-order valence-electron chi connectivity index (χ3n) is 3.38. The van der Waals surface area contributed by atoms with Crippen LogP contribution in [-0.4, -0.2) is 15.2 Å². The van der Waals surface area contributed by atoms with Crippen LogP contribution in [0.5, 0.6) is 0 Å². The predicted octanol–water partition coefficient (Wildman–Crippen LogP) is 3.69. The first-order valence-electron chi connectivity index (χ1n) is 6.63. The molecule has 0 aliphatic heterocycles. The van der Waals surface area contributed by atoms with E-state index in [-0.39, 0.29) is 5.92 Å². The van der Waals surface area contributed by atoms with E-state index in [9.17, 15) is 0 Å². The van der Waals surface area contributed by atoms with Crippen molar-refractivity contribution in [1.82, 2.24) is 15.2 Å². The molecule has 0 saturated carbocycles. The molecule has 0 fully saturated rings. The highest BCUT2D eigenvalue weighted by molar-refractivity contribution is 5.58. The van der Waals surface area contributed by atoms with Gasteiger partial charge in [-0.25, -0.2) is 0 Å². The Kier molecular flexibility index (Phi) is 3.50. The zero-order valence-electron chi connectivity index (χ0n) is 11.3. The largest absolute Gasteiger partial charge is 0.264 e. The van der Waals surface area contributed by atoms with E-state index >= 15 is 0 Å². The molecule has 0 N–H and O–H groups in total. The molecule has 2 heterocycles. The van der Waals surface area contributed by atoms with Crippen molar-refractivity contribution in [1.29, 1.82) is 0 Å². The average molecular weight is 261 g/mol. The summed E-state index contributed by atoms with van der Waals surface area (Å²) in [7, 11) is 0. The molecule has 0 amide bonds. The van der Waals surface area contributed by atoms with Crippen molar-refractivity contribution < 1.29 is 0 Å². The Balaban J connectivity index is 1.87. The minimum Gasteiger partial charge on any atom is -0.264 e. The van der Waals surface area contributed by atoms with Crippen LogP contribution in [0.15, 0.2) is 67.0 Å². The summed E-state index contributed by atoms with van der Waals surface area (Å²) in [5, 5.41) is 8.68. The summed E-state index contributed by atoms with van der Waals surface area (Å²) in [6, 6.07) is 18.1. The Morgan fingerprint density at radius 1 is 0.850 bits per heavy atom. The zero-order valence-corrected chi connectivity index (χ0v) is 11.3. The second-order valence-corrected chi connectivity index (χ2v) is 4.72. The lowest BCUT2D eigenvalue weighted by molar-refractivity contribution is 0.820. The third-order valence-corrected chi connectivity index (χ3v) is 3.38. The van der Waals surface area contributed by atoms with Gasteiger partial charge in [-0.1, -0.05) is 43.3 Å². The molecule has 0 bridgehead atoms. The molecule has 1 unspecified atom stereocenters. The maximum atomic E-state index is 4.35. The quantitative estimate of drug-likeness (QED) is 0.721. The normalized spacial score (nSPS) is 12.1. The fourth-order valence-corrected chi connectivity index (χ4v) is 2.14. The van der Waals surface area contributed by atoms with E-state index in [1.807, 2.05) is 54.7 Å². The summed E-state index contributed by atoms with van der Waals surface area (Å²) >= 11 is 0. The highest BCUT2D eigenvalue weighted by Crippen LogP contribution is 2.22. The van der Waals surface area contributed by atoms with E-state index in [0.717, 1.165) is 22.5 Å². The van der Waals surface area contributed by atoms with E-state index in [0.29, 0.717) is 0 Å². The first-order valence-corrected chi connectivity index (χ1v) is 6.63. The van der Waals surface area contributed by atoms with Gasteiger partial charge in [-0.05, 0) is 23.8 Å². The minimum absolute atomic E-state index is 0.195. The molecule has 3 aromatic rings. The lowest BCUT2D eigenvalue weighted by Gasteiger charge is -2.10. The van der Waals surface area contributed by atoms with E-state index in [2.05, 4.69) is 28.2 Å². The number of pyridine rings is 1. The summed E-state index contributed by atoms with van der Waals surface area (Å²) in [5.41, 5.74) is 4.08. The zero-order chi connectivity index (χ0) is 13.8. The molecule has 0 radical (unpaired) electrons. The van der Waals surface area contributed by atoms with Gasteiger partial charge < -0.3 is 0 Å². The van der Waals surface area contributed by atoms with Crippen LogP contribution in [0.4, 0.5) is 0 Å². The maximum Gasteiger partial charge on any atom is 0.0929 e. The van der Waals surface area contributed by atoms with Crippen LogP contribution in [0, 0.1) is 0 Å². The molecule has 1 aromatic carbocycles. The van der Waals surface area contributed by atoms with Crippen molar-refractivity contribution in [2.24, 2.45) is 0 Å². The molecule has 3 rings (SSSR count). The van der Waals surface area contributed by atoms with Crippen molar-refractivity contribution in [3.05, 3.63) is 78.2 Å². The monoisotopic (exact) mass is 261 g/mol. The SMILES string of the molecule is CC(c1cccnc1)c1ccc(-c2ccccc2)nn1. The molecule has 3 nitrogen and oxygen atoms in total. The summed E-state index contributed by atoms with van der Waals surface area (Å²) in [6.45, 7) is 2.11. The van der Waals surface area contributed by atoms with Gasteiger partial charge in [0, 0.05) is 23.9 Å². The molecule has 0 saturated heterocycles. The van der Waals surface area contributed by atoms with E-state index in [1.54, 1.807) is 6.20 Å². The summed E-state index contributed by atoms with van der Waals surface area (Å²) < 4.78 is 0. The second-order valence-electron chi connectivity index (χ2n) is 4.72. The number of rotatable bonds is 3. The summed E-state index contributed by atoms with van der Waals surface area (Å²) in [4.78, 5) is 4.15. The first-order chi connectivity index (χ1) is 9.84. The van der Waals surface area contributed by atoms with Crippen molar-refractivity contribution >= 4 is 0 Å². The van der Waals surface area contributed by atoms with Gasteiger partial charge in [0.15, 0.2) is 0 Å². The summed E-state index contributed by atoms with van der Waals surface area (Å²) in [6.07, 6.45) is 3.65. The Bertz CT molecular complexity index is 664. The number of benzene rings is 1. The van der Waals surface area contributed by atoms with Crippen molar-refractivity contribution in [2.45, 2.75) is 12.8 Å². The van der Waals surface area contributed by atoms with Gasteiger partial charge in [0.05, 0.1) is 11.4 Å². The van der Waals surface area contributed by atoms with Gasteiger partial charge in [-0.3, -0.25) is 4.98 Å². The second kappa shape index (κ2) is 5.61. The Hall–Kier alpha value is -2.55. The lowest BCUT2D eigenvalue weighted by atomic mass is 9.99. The Morgan fingerprint density at radius 3 is 2.35 bits per heavy atom. The van der Waals surface area contributed by atoms with Gasteiger partial charge in [0.25, 0.3) is 0 Å². The maximum absolute atomic E-state index is 4.35. The third kappa shape index (κ3) is 2.57.